The van der Waals surface area contributed by atoms with Crippen molar-refractivity contribution in [3.63, 3.8) is 0 Å². The van der Waals surface area contributed by atoms with Gasteiger partial charge in [-0.25, -0.2) is 4.79 Å². The lowest BCUT2D eigenvalue weighted by atomic mass is 9.91. The largest absolute Gasteiger partial charge is 0.497 e. The lowest BCUT2D eigenvalue weighted by Gasteiger charge is -2.56. The number of thioether (sulfide) groups is 1. The van der Waals surface area contributed by atoms with E-state index in [1.165, 1.54) is 29.8 Å². The summed E-state index contributed by atoms with van der Waals surface area (Å²) in [5.41, 5.74) is 6.20. The first-order chi connectivity index (χ1) is 34.6. The fourth-order valence-electron chi connectivity index (χ4n) is 9.12. The van der Waals surface area contributed by atoms with Gasteiger partial charge >= 0.3 is 5.97 Å². The van der Waals surface area contributed by atoms with Crippen molar-refractivity contribution >= 4 is 40.5 Å². The van der Waals surface area contributed by atoms with E-state index in [1.54, 1.807) is 19.2 Å². The SMILES string of the molecule is COc1ccc(-c2c3ccc(=O)cc-3oc3cc(OCc4ccc(OCC5=C(C(=O)OC(c6ccccc6)c6ccccc6)N6C(=O)[C@](NC(=O)Cc7ccccc7)(OC)[C@H]6SC5)cc4)ccc23)c(C)c1. The van der Waals surface area contributed by atoms with Crippen molar-refractivity contribution in [2.24, 2.45) is 0 Å². The lowest BCUT2D eigenvalue weighted by Crippen LogP contribution is -2.80. The van der Waals surface area contributed by atoms with E-state index in [-0.39, 0.29) is 36.5 Å². The van der Waals surface area contributed by atoms with Gasteiger partial charge in [-0.2, -0.15) is 0 Å². The number of β-lactam (4-membered cyclic amide) rings is 1. The summed E-state index contributed by atoms with van der Waals surface area (Å²) < 4.78 is 36.6. The topological polar surface area (TPSA) is 143 Å². The molecule has 71 heavy (non-hydrogen) atoms. The second-order valence-corrected chi connectivity index (χ2v) is 18.3. The van der Waals surface area contributed by atoms with Crippen LogP contribution in [0.5, 0.6) is 17.2 Å². The summed E-state index contributed by atoms with van der Waals surface area (Å²) in [6.45, 7) is 2.22. The minimum Gasteiger partial charge on any atom is -0.497 e. The Bertz CT molecular complexity index is 3290. The maximum Gasteiger partial charge on any atom is 0.356 e. The molecule has 12 nitrogen and oxygen atoms in total. The first-order valence-corrected chi connectivity index (χ1v) is 24.1. The Balaban J connectivity index is 0.882. The van der Waals surface area contributed by atoms with E-state index in [2.05, 4.69) is 5.32 Å². The molecule has 2 atom stereocenters. The van der Waals surface area contributed by atoms with Crippen molar-refractivity contribution in [1.82, 2.24) is 10.2 Å². The average molecular weight is 965 g/mol. The van der Waals surface area contributed by atoms with Gasteiger partial charge in [0.15, 0.2) is 11.5 Å². The summed E-state index contributed by atoms with van der Waals surface area (Å²) in [7, 11) is 3.01. The molecular formula is C58H48N2O10S. The van der Waals surface area contributed by atoms with Crippen molar-refractivity contribution in [2.45, 2.75) is 37.2 Å². The molecule has 10 rings (SSSR count). The van der Waals surface area contributed by atoms with Crippen LogP contribution in [0.4, 0.5) is 0 Å². The van der Waals surface area contributed by atoms with Crippen LogP contribution in [0.1, 0.15) is 33.9 Å². The first kappa shape index (κ1) is 46.6. The number of rotatable bonds is 16. The minimum absolute atomic E-state index is 0.0351. The molecule has 1 saturated heterocycles. The molecule has 13 heteroatoms. The van der Waals surface area contributed by atoms with Crippen LogP contribution in [0, 0.1) is 6.92 Å². The van der Waals surface area contributed by atoms with Crippen LogP contribution in [-0.4, -0.2) is 60.4 Å². The molecule has 0 radical (unpaired) electrons. The van der Waals surface area contributed by atoms with E-state index in [4.69, 9.17) is 28.1 Å². The monoisotopic (exact) mass is 964 g/mol. The van der Waals surface area contributed by atoms with Crippen LogP contribution in [-0.2, 0) is 36.9 Å². The Kier molecular flexibility index (Phi) is 13.2. The smallest absolute Gasteiger partial charge is 0.356 e. The third-order valence-electron chi connectivity index (χ3n) is 12.7. The van der Waals surface area contributed by atoms with Gasteiger partial charge in [0.2, 0.25) is 5.91 Å². The second-order valence-electron chi connectivity index (χ2n) is 17.2. The van der Waals surface area contributed by atoms with Gasteiger partial charge in [0, 0.05) is 47.1 Å². The number of methoxy groups -OCH3 is 2. The highest BCUT2D eigenvalue weighted by Crippen LogP contribution is 2.48. The van der Waals surface area contributed by atoms with Crippen LogP contribution in [0.15, 0.2) is 190 Å². The molecular weight excluding hydrogens is 917 g/mol. The number of benzene rings is 7. The zero-order valence-corrected chi connectivity index (χ0v) is 39.9. The van der Waals surface area contributed by atoms with Gasteiger partial charge in [-0.3, -0.25) is 19.3 Å². The van der Waals surface area contributed by atoms with E-state index in [1.807, 2.05) is 159 Å². The van der Waals surface area contributed by atoms with Crippen LogP contribution < -0.4 is 25.0 Å². The summed E-state index contributed by atoms with van der Waals surface area (Å²) in [5, 5.41) is 2.95. The number of nitrogens with zero attached hydrogens (tertiary/aromatic N) is 1. The number of hydrogen-bond donors (Lipinski definition) is 1. The molecule has 3 aliphatic heterocycles. The van der Waals surface area contributed by atoms with Crippen LogP contribution in [0.2, 0.25) is 0 Å². The third kappa shape index (κ3) is 9.37. The van der Waals surface area contributed by atoms with Crippen LogP contribution in [0.3, 0.4) is 0 Å². The number of nitrogens with one attached hydrogen (secondary N) is 1. The van der Waals surface area contributed by atoms with Gasteiger partial charge < -0.3 is 33.4 Å². The molecule has 356 valence electrons. The summed E-state index contributed by atoms with van der Waals surface area (Å²) in [6, 6.07) is 51.9. The third-order valence-corrected chi connectivity index (χ3v) is 14.1. The number of carbonyl (C=O) groups is 3. The van der Waals surface area contributed by atoms with E-state index < -0.39 is 35.0 Å². The molecule has 0 bridgehead atoms. The number of ether oxygens (including phenoxy) is 5. The molecule has 3 heterocycles. The maximum absolute atomic E-state index is 14.7. The fraction of sp³-hybridized carbons (Fsp3) is 0.172. The van der Waals surface area contributed by atoms with Gasteiger partial charge in [0.1, 0.15) is 52.9 Å². The quantitative estimate of drug-likeness (QED) is 0.0428. The Morgan fingerprint density at radius 3 is 2.04 bits per heavy atom. The predicted octanol–water partition coefficient (Wildman–Crippen LogP) is 10.0. The van der Waals surface area contributed by atoms with Crippen molar-refractivity contribution in [3.05, 3.63) is 219 Å². The van der Waals surface area contributed by atoms with Gasteiger partial charge in [0.25, 0.3) is 11.6 Å². The van der Waals surface area contributed by atoms with Crippen LogP contribution >= 0.6 is 11.8 Å². The number of aryl methyl sites for hydroxylation is 1. The molecule has 0 saturated carbocycles. The number of amides is 2. The zero-order valence-electron chi connectivity index (χ0n) is 39.1. The first-order valence-electron chi connectivity index (χ1n) is 23.0. The molecule has 6 aromatic carbocycles. The Labute approximate surface area is 414 Å². The van der Waals surface area contributed by atoms with Gasteiger partial charge in [-0.1, -0.05) is 109 Å². The maximum atomic E-state index is 14.7. The normalized spacial score (nSPS) is 16.4. The molecule has 0 aromatic heterocycles. The summed E-state index contributed by atoms with van der Waals surface area (Å²) >= 11 is 1.36. The Morgan fingerprint density at radius 2 is 1.37 bits per heavy atom. The Morgan fingerprint density at radius 1 is 0.718 bits per heavy atom. The van der Waals surface area contributed by atoms with E-state index in [0.29, 0.717) is 28.4 Å². The molecule has 6 aromatic rings. The van der Waals surface area contributed by atoms with E-state index >= 15 is 0 Å². The van der Waals surface area contributed by atoms with Crippen molar-refractivity contribution < 1.29 is 42.5 Å². The van der Waals surface area contributed by atoms with E-state index in [9.17, 15) is 19.2 Å². The molecule has 0 spiro atoms. The molecule has 4 aliphatic rings. The van der Waals surface area contributed by atoms with Crippen molar-refractivity contribution in [2.75, 3.05) is 26.6 Å². The number of esters is 1. The molecule has 1 fully saturated rings. The highest BCUT2D eigenvalue weighted by molar-refractivity contribution is 8.00. The summed E-state index contributed by atoms with van der Waals surface area (Å²) in [4.78, 5) is 56.2. The van der Waals surface area contributed by atoms with Gasteiger partial charge in [-0.15, -0.1) is 11.8 Å². The van der Waals surface area contributed by atoms with Gasteiger partial charge in [0.05, 0.1) is 13.5 Å². The Hall–Kier alpha value is -8.13. The highest BCUT2D eigenvalue weighted by atomic mass is 32.2. The summed E-state index contributed by atoms with van der Waals surface area (Å²) in [5.74, 6) is 0.892. The van der Waals surface area contributed by atoms with Crippen molar-refractivity contribution in [1.29, 1.82) is 0 Å². The average Bonchev–Trinajstić information content (AvgIpc) is 3.40. The number of carbonyl (C=O) groups excluding carboxylic acids is 3. The summed E-state index contributed by atoms with van der Waals surface area (Å²) in [6.07, 6.45) is -0.746. The standard InChI is InChI=1S/C58H48N2O10S/c1-36-29-44(65-2)24-27-46(36)52-47-26-21-42(61)31-49(47)69-50-32-45(25-28-48(50)52)67-33-38-19-22-43(23-20-38)68-34-41-35-71-57-58(66-3,59-51(62)30-37-13-7-4-8-14-37)56(64)60(57)53(41)55(63)70-54(39-15-9-5-10-16-39)40-17-11-6-12-18-40/h4-29,31-32,54,57H,30,33-35H2,1-3H3,(H,59,62)/t57-,58+/m1/s1. The fourth-order valence-corrected chi connectivity index (χ4v) is 10.5. The number of hydrogen-bond acceptors (Lipinski definition) is 11. The van der Waals surface area contributed by atoms with E-state index in [0.717, 1.165) is 55.6 Å². The molecule has 1 N–H and O–H groups in total. The minimum atomic E-state index is -1.71. The molecule has 0 unspecified atom stereocenters. The van der Waals surface area contributed by atoms with Crippen LogP contribution in [0.25, 0.3) is 33.4 Å². The highest BCUT2D eigenvalue weighted by Gasteiger charge is 2.67. The predicted molar refractivity (Wildman–Crippen MR) is 271 cm³/mol. The molecule has 1 aliphatic carbocycles. The second kappa shape index (κ2) is 20.1. The zero-order chi connectivity index (χ0) is 49.1. The van der Waals surface area contributed by atoms with Crippen molar-refractivity contribution in [3.8, 4) is 39.7 Å². The van der Waals surface area contributed by atoms with Gasteiger partial charge in [-0.05, 0) is 88.8 Å². The molecule has 2 amide bonds. The number of fused-ring (bicyclic) bond motifs is 3. The lowest BCUT2D eigenvalue weighted by molar-refractivity contribution is -0.193.